The number of aliphatic hydroxyl groups is 1. The minimum absolute atomic E-state index is 0.0268. The predicted molar refractivity (Wildman–Crippen MR) is 95.4 cm³/mol. The second kappa shape index (κ2) is 8.23. The number of β-amino-alcohol motifs (C(OH)–C–C–N with tert-alkyl or cyclic N) is 1. The lowest BCUT2D eigenvalue weighted by molar-refractivity contribution is -0.124. The van der Waals surface area contributed by atoms with Crippen LogP contribution in [0, 0.1) is 5.92 Å². The molecule has 2 fully saturated rings. The Kier molecular flexibility index (Phi) is 6.01. The molecular formula is C18H29N5O2. The highest BCUT2D eigenvalue weighted by atomic mass is 16.3. The normalized spacial score (nSPS) is 33.3. The number of likely N-dealkylation sites (tertiary alicyclic amines) is 1. The van der Waals surface area contributed by atoms with E-state index in [0.29, 0.717) is 13.0 Å². The number of aliphatic hydroxyl groups excluding tert-OH is 1. The zero-order valence-corrected chi connectivity index (χ0v) is 15.0. The van der Waals surface area contributed by atoms with E-state index in [0.717, 1.165) is 25.1 Å². The maximum atomic E-state index is 12.4. The molecule has 3 heterocycles. The van der Waals surface area contributed by atoms with E-state index >= 15 is 0 Å². The SMILES string of the molecule is CC1NNC(C)C1CC(=O)N[C@@H]1CCN(Cc2cccnc2)C[C@H]1O. The van der Waals surface area contributed by atoms with E-state index < -0.39 is 6.10 Å². The molecule has 7 heteroatoms. The molecule has 0 spiro atoms. The van der Waals surface area contributed by atoms with Crippen molar-refractivity contribution < 1.29 is 9.90 Å². The van der Waals surface area contributed by atoms with Crippen LogP contribution in [0.15, 0.2) is 24.5 Å². The molecule has 0 bridgehead atoms. The van der Waals surface area contributed by atoms with Gasteiger partial charge in [0.25, 0.3) is 0 Å². The number of piperidine rings is 1. The van der Waals surface area contributed by atoms with Gasteiger partial charge in [-0.1, -0.05) is 6.07 Å². The number of aromatic nitrogens is 1. The number of carbonyl (C=O) groups excluding carboxylic acids is 1. The van der Waals surface area contributed by atoms with Crippen LogP contribution in [0.3, 0.4) is 0 Å². The fourth-order valence-electron chi connectivity index (χ4n) is 3.80. The molecule has 4 atom stereocenters. The van der Waals surface area contributed by atoms with E-state index in [4.69, 9.17) is 0 Å². The highest BCUT2D eigenvalue weighted by Crippen LogP contribution is 2.19. The van der Waals surface area contributed by atoms with E-state index in [1.165, 1.54) is 0 Å². The van der Waals surface area contributed by atoms with Crippen molar-refractivity contribution in [3.8, 4) is 0 Å². The molecule has 25 heavy (non-hydrogen) atoms. The monoisotopic (exact) mass is 347 g/mol. The molecular weight excluding hydrogens is 318 g/mol. The first-order valence-corrected chi connectivity index (χ1v) is 9.12. The minimum atomic E-state index is -0.538. The topological polar surface area (TPSA) is 89.5 Å². The van der Waals surface area contributed by atoms with Crippen LogP contribution in [0.2, 0.25) is 0 Å². The third kappa shape index (κ3) is 4.76. The fraction of sp³-hybridized carbons (Fsp3) is 0.667. The van der Waals surface area contributed by atoms with Gasteiger partial charge in [0, 0.05) is 56.5 Å². The van der Waals surface area contributed by atoms with Crippen LogP contribution >= 0.6 is 0 Å². The summed E-state index contributed by atoms with van der Waals surface area (Å²) in [6.07, 6.45) is 4.32. The zero-order chi connectivity index (χ0) is 17.8. The smallest absolute Gasteiger partial charge is 0.220 e. The number of nitrogens with zero attached hydrogens (tertiary/aromatic N) is 2. The summed E-state index contributed by atoms with van der Waals surface area (Å²) >= 11 is 0. The van der Waals surface area contributed by atoms with E-state index in [2.05, 4.69) is 39.9 Å². The Morgan fingerprint density at radius 2 is 2.16 bits per heavy atom. The molecule has 2 unspecified atom stereocenters. The molecule has 3 rings (SSSR count). The Hall–Kier alpha value is -1.54. The van der Waals surface area contributed by atoms with Crippen molar-refractivity contribution in [2.24, 2.45) is 5.92 Å². The Morgan fingerprint density at radius 3 is 2.80 bits per heavy atom. The Balaban J connectivity index is 1.46. The van der Waals surface area contributed by atoms with Crippen LogP contribution in [0.5, 0.6) is 0 Å². The summed E-state index contributed by atoms with van der Waals surface area (Å²) in [7, 11) is 0. The summed E-state index contributed by atoms with van der Waals surface area (Å²) < 4.78 is 0. The van der Waals surface area contributed by atoms with Crippen molar-refractivity contribution in [1.29, 1.82) is 0 Å². The van der Waals surface area contributed by atoms with Gasteiger partial charge < -0.3 is 10.4 Å². The minimum Gasteiger partial charge on any atom is -0.390 e. The highest BCUT2D eigenvalue weighted by molar-refractivity contribution is 5.76. The van der Waals surface area contributed by atoms with Crippen molar-refractivity contribution in [1.82, 2.24) is 26.1 Å². The lowest BCUT2D eigenvalue weighted by Gasteiger charge is -2.36. The van der Waals surface area contributed by atoms with Crippen LogP contribution in [0.4, 0.5) is 0 Å². The average molecular weight is 347 g/mol. The van der Waals surface area contributed by atoms with Gasteiger partial charge in [-0.05, 0) is 31.9 Å². The first-order valence-electron chi connectivity index (χ1n) is 9.12. The Labute approximate surface area is 149 Å². The molecule has 2 aliphatic rings. The second-order valence-corrected chi connectivity index (χ2v) is 7.36. The summed E-state index contributed by atoms with van der Waals surface area (Å²) in [4.78, 5) is 18.7. The van der Waals surface area contributed by atoms with Crippen LogP contribution in [0.25, 0.3) is 0 Å². The van der Waals surface area contributed by atoms with Gasteiger partial charge >= 0.3 is 0 Å². The van der Waals surface area contributed by atoms with Gasteiger partial charge in [-0.2, -0.15) is 0 Å². The molecule has 0 aromatic carbocycles. The molecule has 4 N–H and O–H groups in total. The molecule has 7 nitrogen and oxygen atoms in total. The summed E-state index contributed by atoms with van der Waals surface area (Å²) in [6, 6.07) is 4.34. The van der Waals surface area contributed by atoms with Crippen molar-refractivity contribution in [3.63, 3.8) is 0 Å². The molecule has 138 valence electrons. The van der Waals surface area contributed by atoms with E-state index in [9.17, 15) is 9.90 Å². The number of nitrogens with one attached hydrogen (secondary N) is 3. The molecule has 2 aliphatic heterocycles. The van der Waals surface area contributed by atoms with Crippen LogP contribution in [-0.4, -0.2) is 58.2 Å². The maximum Gasteiger partial charge on any atom is 0.220 e. The van der Waals surface area contributed by atoms with Crippen LogP contribution in [0.1, 0.15) is 32.3 Å². The summed E-state index contributed by atoms with van der Waals surface area (Å²) in [5, 5.41) is 13.5. The third-order valence-electron chi connectivity index (χ3n) is 5.39. The number of amides is 1. The molecule has 0 saturated carbocycles. The first kappa shape index (κ1) is 18.3. The van der Waals surface area contributed by atoms with Gasteiger partial charge in [-0.15, -0.1) is 0 Å². The van der Waals surface area contributed by atoms with Crippen molar-refractivity contribution in [2.45, 2.75) is 57.5 Å². The maximum absolute atomic E-state index is 12.4. The quantitative estimate of drug-likeness (QED) is 0.601. The van der Waals surface area contributed by atoms with E-state index in [-0.39, 0.29) is 30.0 Å². The largest absolute Gasteiger partial charge is 0.390 e. The molecule has 1 aromatic rings. The summed E-state index contributed by atoms with van der Waals surface area (Å²) in [5.41, 5.74) is 7.49. The Morgan fingerprint density at radius 1 is 1.40 bits per heavy atom. The van der Waals surface area contributed by atoms with Crippen molar-refractivity contribution in [3.05, 3.63) is 30.1 Å². The number of pyridine rings is 1. The third-order valence-corrected chi connectivity index (χ3v) is 5.39. The summed E-state index contributed by atoms with van der Waals surface area (Å²) in [5.74, 6) is 0.293. The molecule has 2 saturated heterocycles. The van der Waals surface area contributed by atoms with Gasteiger partial charge in [0.2, 0.25) is 5.91 Å². The van der Waals surface area contributed by atoms with Gasteiger partial charge in [0.1, 0.15) is 0 Å². The van der Waals surface area contributed by atoms with Crippen LogP contribution in [-0.2, 0) is 11.3 Å². The van der Waals surface area contributed by atoms with E-state index in [1.807, 2.05) is 18.3 Å². The van der Waals surface area contributed by atoms with Gasteiger partial charge in [-0.25, -0.2) is 0 Å². The lowest BCUT2D eigenvalue weighted by Crippen LogP contribution is -2.54. The average Bonchev–Trinajstić information content (AvgIpc) is 2.90. The van der Waals surface area contributed by atoms with Gasteiger partial charge in [0.15, 0.2) is 0 Å². The Bertz CT molecular complexity index is 560. The number of hydrogen-bond donors (Lipinski definition) is 4. The molecule has 1 amide bonds. The first-order chi connectivity index (χ1) is 12.0. The van der Waals surface area contributed by atoms with Crippen molar-refractivity contribution in [2.75, 3.05) is 13.1 Å². The molecule has 1 aromatic heterocycles. The number of rotatable bonds is 5. The van der Waals surface area contributed by atoms with Gasteiger partial charge in [-0.3, -0.25) is 25.5 Å². The van der Waals surface area contributed by atoms with E-state index in [1.54, 1.807) is 6.20 Å². The molecule has 0 radical (unpaired) electrons. The molecule has 0 aliphatic carbocycles. The fourth-order valence-corrected chi connectivity index (χ4v) is 3.80. The predicted octanol–water partition coefficient (Wildman–Crippen LogP) is 0.0241. The second-order valence-electron chi connectivity index (χ2n) is 7.36. The van der Waals surface area contributed by atoms with Crippen molar-refractivity contribution >= 4 is 5.91 Å². The van der Waals surface area contributed by atoms with Gasteiger partial charge in [0.05, 0.1) is 12.1 Å². The number of hydrazine groups is 1. The number of carbonyl (C=O) groups is 1. The summed E-state index contributed by atoms with van der Waals surface area (Å²) in [6.45, 7) is 6.37. The standard InChI is InChI=1S/C18H29N5O2/c1-12-15(13(2)22-21-12)8-18(25)20-16-5-7-23(11-17(16)24)10-14-4-3-6-19-9-14/h3-4,6,9,12-13,15-17,21-22,24H,5,7-8,10-11H2,1-2H3,(H,20,25)/t12?,13?,15?,16-,17-/m1/s1. The lowest BCUT2D eigenvalue weighted by atomic mass is 9.92. The zero-order valence-electron chi connectivity index (χ0n) is 15.0. The number of hydrogen-bond acceptors (Lipinski definition) is 6. The van der Waals surface area contributed by atoms with Crippen LogP contribution < -0.4 is 16.2 Å². The highest BCUT2D eigenvalue weighted by Gasteiger charge is 2.33.